The Morgan fingerprint density at radius 3 is 2.58 bits per heavy atom. The van der Waals surface area contributed by atoms with Crippen LogP contribution in [0.15, 0.2) is 21.6 Å². The number of amidine groups is 1. The zero-order valence-corrected chi connectivity index (χ0v) is 14.7. The number of amides is 1. The van der Waals surface area contributed by atoms with Crippen molar-refractivity contribution in [2.75, 3.05) is 6.54 Å². The summed E-state index contributed by atoms with van der Waals surface area (Å²) in [6.45, 7) is 6.36. The van der Waals surface area contributed by atoms with Gasteiger partial charge in [-0.05, 0) is 18.8 Å². The first kappa shape index (κ1) is 18.4. The number of carbonyl (C=O) groups is 2. The molecule has 24 heavy (non-hydrogen) atoms. The highest BCUT2D eigenvalue weighted by atomic mass is 16.4. The molecule has 0 saturated heterocycles. The third-order valence-corrected chi connectivity index (χ3v) is 5.06. The van der Waals surface area contributed by atoms with E-state index in [1.807, 2.05) is 6.08 Å². The largest absolute Gasteiger partial charge is 0.478 e. The van der Waals surface area contributed by atoms with Crippen LogP contribution in [-0.4, -0.2) is 41.6 Å². The second-order valence-electron chi connectivity index (χ2n) is 6.62. The van der Waals surface area contributed by atoms with E-state index in [1.165, 1.54) is 6.92 Å². The minimum Gasteiger partial charge on any atom is -0.478 e. The minimum absolute atomic E-state index is 0.0685. The highest BCUT2D eigenvalue weighted by molar-refractivity contribution is 5.98. The summed E-state index contributed by atoms with van der Waals surface area (Å²) in [7, 11) is 0. The van der Waals surface area contributed by atoms with Crippen molar-refractivity contribution in [1.29, 1.82) is 0 Å². The number of aliphatic carboxylic acids is 1. The quantitative estimate of drug-likeness (QED) is 0.715. The molecule has 2 aliphatic rings. The molecule has 0 aromatic carbocycles. The van der Waals surface area contributed by atoms with Crippen molar-refractivity contribution in [2.45, 2.75) is 52.5 Å². The molecule has 0 aromatic heterocycles. The maximum absolute atomic E-state index is 11.7. The molecule has 1 amide bonds. The van der Waals surface area contributed by atoms with Gasteiger partial charge in [-0.1, -0.05) is 32.8 Å². The van der Waals surface area contributed by atoms with Gasteiger partial charge in [-0.25, -0.2) is 9.79 Å². The smallest absolute Gasteiger partial charge is 0.331 e. The average Bonchev–Trinajstić information content (AvgIpc) is 3.19. The first-order valence-electron chi connectivity index (χ1n) is 8.74. The molecule has 2 N–H and O–H groups in total. The molecule has 2 rings (SSSR count). The van der Waals surface area contributed by atoms with Gasteiger partial charge in [0, 0.05) is 36.6 Å². The lowest BCUT2D eigenvalue weighted by Gasteiger charge is -2.30. The van der Waals surface area contributed by atoms with Gasteiger partial charge >= 0.3 is 5.97 Å². The maximum atomic E-state index is 11.7. The van der Waals surface area contributed by atoms with Crippen LogP contribution >= 0.6 is 0 Å². The number of carboxylic acid groups (broad SMARTS) is 1. The van der Waals surface area contributed by atoms with E-state index in [-0.39, 0.29) is 23.8 Å². The van der Waals surface area contributed by atoms with Crippen LogP contribution in [0.3, 0.4) is 0 Å². The van der Waals surface area contributed by atoms with E-state index < -0.39 is 5.97 Å². The van der Waals surface area contributed by atoms with Crippen LogP contribution in [0.1, 0.15) is 46.5 Å². The lowest BCUT2D eigenvalue weighted by atomic mass is 9.82. The summed E-state index contributed by atoms with van der Waals surface area (Å²) in [4.78, 5) is 31.9. The topological polar surface area (TPSA) is 91.1 Å². The number of aliphatic imine (C=N–C) groups is 2. The molecule has 0 spiro atoms. The van der Waals surface area contributed by atoms with E-state index in [0.29, 0.717) is 30.3 Å². The lowest BCUT2D eigenvalue weighted by Crippen LogP contribution is -2.43. The van der Waals surface area contributed by atoms with Crippen LogP contribution < -0.4 is 5.32 Å². The molecule has 1 heterocycles. The molecule has 0 aromatic rings. The van der Waals surface area contributed by atoms with Gasteiger partial charge in [-0.2, -0.15) is 0 Å². The molecule has 0 bridgehead atoms. The summed E-state index contributed by atoms with van der Waals surface area (Å²) in [5.74, 6) is 0.0924. The molecule has 3 atom stereocenters. The van der Waals surface area contributed by atoms with Crippen molar-refractivity contribution >= 4 is 23.9 Å². The van der Waals surface area contributed by atoms with Gasteiger partial charge in [-0.3, -0.25) is 9.79 Å². The van der Waals surface area contributed by atoms with Crippen LogP contribution in [0.5, 0.6) is 0 Å². The second kappa shape index (κ2) is 8.22. The van der Waals surface area contributed by atoms with Crippen LogP contribution in [0.2, 0.25) is 0 Å². The summed E-state index contributed by atoms with van der Waals surface area (Å²) in [6, 6.07) is -0.0900. The van der Waals surface area contributed by atoms with E-state index in [0.717, 1.165) is 19.3 Å². The van der Waals surface area contributed by atoms with E-state index >= 15 is 0 Å². The van der Waals surface area contributed by atoms with Crippen molar-refractivity contribution in [1.82, 2.24) is 5.32 Å². The summed E-state index contributed by atoms with van der Waals surface area (Å²) in [6.07, 6.45) is 6.91. The molecule has 1 aliphatic heterocycles. The molecular formula is C18H27N3O3. The van der Waals surface area contributed by atoms with Gasteiger partial charge < -0.3 is 10.4 Å². The monoisotopic (exact) mass is 333 g/mol. The minimum atomic E-state index is -0.894. The number of carboxylic acids is 1. The standard InChI is InChI=1S/C18H27N3O3/c1-4-12(5-2)8-16(21-11(3)22)14-9-13(18(23)24)10-15(14)17-19-6-7-20-17/h6,9,12,14-16H,4-5,7-8,10H2,1-3H3,(H,21,22)(H,23,24)/t14?,15-,16+/m1/s1. The van der Waals surface area contributed by atoms with E-state index in [2.05, 4.69) is 29.1 Å². The Morgan fingerprint density at radius 1 is 1.38 bits per heavy atom. The van der Waals surface area contributed by atoms with Gasteiger partial charge in [-0.15, -0.1) is 0 Å². The zero-order chi connectivity index (χ0) is 17.7. The predicted molar refractivity (Wildman–Crippen MR) is 94.4 cm³/mol. The fraction of sp³-hybridized carbons (Fsp3) is 0.667. The Bertz CT molecular complexity index is 576. The number of nitrogens with one attached hydrogen (secondary N) is 1. The molecule has 6 nitrogen and oxygen atoms in total. The zero-order valence-electron chi connectivity index (χ0n) is 14.7. The third kappa shape index (κ3) is 4.30. The van der Waals surface area contributed by atoms with Crippen molar-refractivity contribution in [3.05, 3.63) is 11.6 Å². The maximum Gasteiger partial charge on any atom is 0.331 e. The molecule has 0 radical (unpaired) electrons. The van der Waals surface area contributed by atoms with Crippen molar-refractivity contribution in [3.63, 3.8) is 0 Å². The van der Waals surface area contributed by atoms with Crippen LogP contribution in [-0.2, 0) is 9.59 Å². The van der Waals surface area contributed by atoms with Crippen molar-refractivity contribution in [3.8, 4) is 0 Å². The first-order chi connectivity index (χ1) is 11.5. The summed E-state index contributed by atoms with van der Waals surface area (Å²) >= 11 is 0. The molecule has 132 valence electrons. The Labute approximate surface area is 143 Å². The Hall–Kier alpha value is -1.98. The SMILES string of the molecule is CCC(CC)C[C@H](NC(C)=O)C1C=C(C(=O)O)C[C@H]1C1=NCC=N1. The van der Waals surface area contributed by atoms with Crippen LogP contribution in [0.4, 0.5) is 0 Å². The van der Waals surface area contributed by atoms with Gasteiger partial charge in [0.15, 0.2) is 0 Å². The van der Waals surface area contributed by atoms with E-state index in [1.54, 1.807) is 6.21 Å². The van der Waals surface area contributed by atoms with Gasteiger partial charge in [0.25, 0.3) is 0 Å². The Morgan fingerprint density at radius 2 is 2.08 bits per heavy atom. The second-order valence-corrected chi connectivity index (χ2v) is 6.62. The number of hydrogen-bond acceptors (Lipinski definition) is 4. The highest BCUT2D eigenvalue weighted by Crippen LogP contribution is 2.37. The molecule has 1 aliphatic carbocycles. The fourth-order valence-electron chi connectivity index (χ4n) is 3.69. The molecule has 0 saturated carbocycles. The van der Waals surface area contributed by atoms with E-state index in [4.69, 9.17) is 0 Å². The number of carbonyl (C=O) groups excluding carboxylic acids is 1. The van der Waals surface area contributed by atoms with Gasteiger partial charge in [0.2, 0.25) is 5.91 Å². The number of nitrogens with zero attached hydrogens (tertiary/aromatic N) is 2. The fourth-order valence-corrected chi connectivity index (χ4v) is 3.69. The summed E-state index contributed by atoms with van der Waals surface area (Å²) < 4.78 is 0. The van der Waals surface area contributed by atoms with Crippen LogP contribution in [0.25, 0.3) is 0 Å². The Kier molecular flexibility index (Phi) is 6.29. The lowest BCUT2D eigenvalue weighted by molar-refractivity contribution is -0.132. The summed E-state index contributed by atoms with van der Waals surface area (Å²) in [5.41, 5.74) is 0.398. The van der Waals surface area contributed by atoms with Gasteiger partial charge in [0.05, 0.1) is 6.54 Å². The van der Waals surface area contributed by atoms with Crippen molar-refractivity contribution < 1.29 is 14.7 Å². The molecule has 6 heteroatoms. The number of rotatable bonds is 8. The molecule has 1 unspecified atom stereocenters. The predicted octanol–water partition coefficient (Wildman–Crippen LogP) is 2.45. The van der Waals surface area contributed by atoms with Crippen molar-refractivity contribution in [2.24, 2.45) is 27.7 Å². The highest BCUT2D eigenvalue weighted by Gasteiger charge is 2.39. The average molecular weight is 333 g/mol. The normalized spacial score (nSPS) is 24.0. The number of hydrogen-bond donors (Lipinski definition) is 2. The van der Waals surface area contributed by atoms with E-state index in [9.17, 15) is 14.7 Å². The molecular weight excluding hydrogens is 306 g/mol. The first-order valence-corrected chi connectivity index (χ1v) is 8.74. The van der Waals surface area contributed by atoms with Crippen LogP contribution in [0, 0.1) is 17.8 Å². The summed E-state index contributed by atoms with van der Waals surface area (Å²) in [5, 5.41) is 12.4. The molecule has 0 fully saturated rings. The van der Waals surface area contributed by atoms with Gasteiger partial charge in [0.1, 0.15) is 5.84 Å². The Balaban J connectivity index is 2.28. The third-order valence-electron chi connectivity index (χ3n) is 5.06.